The van der Waals surface area contributed by atoms with Gasteiger partial charge in [0.25, 0.3) is 0 Å². The molecule has 102 valence electrons. The summed E-state index contributed by atoms with van der Waals surface area (Å²) in [7, 11) is -3.58. The largest absolute Gasteiger partial charge is 0.493 e. The maximum absolute atomic E-state index is 13.1. The van der Waals surface area contributed by atoms with Crippen LogP contribution in [0.1, 0.15) is 13.8 Å². The quantitative estimate of drug-likeness (QED) is 0.905. The molecule has 2 N–H and O–H groups in total. The first-order valence-electron chi connectivity index (χ1n) is 5.17. The normalized spacial score (nSPS) is 12.5. The topological polar surface area (TPSA) is 69.4 Å². The van der Waals surface area contributed by atoms with Crippen molar-refractivity contribution in [2.24, 2.45) is 10.6 Å². The monoisotopic (exact) mass is 295 g/mol. The van der Waals surface area contributed by atoms with E-state index >= 15 is 0 Å². The molecule has 0 saturated carbocycles. The number of rotatable bonds is 5. The molecule has 1 aromatic carbocycles. The second kappa shape index (κ2) is 5.42. The molecule has 0 heterocycles. The molecule has 0 radical (unpaired) electrons. The van der Waals surface area contributed by atoms with Crippen molar-refractivity contribution in [1.29, 1.82) is 0 Å². The molecule has 4 nitrogen and oxygen atoms in total. The Morgan fingerprint density at radius 1 is 1.44 bits per heavy atom. The number of primary sulfonamides is 1. The van der Waals surface area contributed by atoms with Gasteiger partial charge in [-0.3, -0.25) is 0 Å². The Kier molecular flexibility index (Phi) is 4.58. The summed E-state index contributed by atoms with van der Waals surface area (Å²) < 4.78 is 40.5. The number of benzene rings is 1. The number of sulfonamides is 1. The van der Waals surface area contributed by atoms with Crippen LogP contribution in [0.15, 0.2) is 18.2 Å². The van der Waals surface area contributed by atoms with Gasteiger partial charge in [-0.05, 0) is 12.1 Å². The highest BCUT2D eigenvalue weighted by molar-refractivity contribution is 7.89. The molecule has 0 unspecified atom stereocenters. The Morgan fingerprint density at radius 3 is 2.56 bits per heavy atom. The minimum atomic E-state index is -3.58. The second-order valence-electron chi connectivity index (χ2n) is 4.84. The zero-order valence-electron chi connectivity index (χ0n) is 10.1. The average molecular weight is 296 g/mol. The summed E-state index contributed by atoms with van der Waals surface area (Å²) in [6, 6.07) is 4.03. The third-order valence-electron chi connectivity index (χ3n) is 2.11. The summed E-state index contributed by atoms with van der Waals surface area (Å²) in [6.45, 7) is 3.50. The van der Waals surface area contributed by atoms with E-state index in [1.807, 2.05) is 0 Å². The molecule has 0 aromatic heterocycles. The Morgan fingerprint density at radius 2 is 2.06 bits per heavy atom. The van der Waals surface area contributed by atoms with Gasteiger partial charge in [0.15, 0.2) is 0 Å². The molecule has 0 atom stereocenters. The lowest BCUT2D eigenvalue weighted by Gasteiger charge is -2.23. The summed E-state index contributed by atoms with van der Waals surface area (Å²) >= 11 is 5.53. The Labute approximate surface area is 111 Å². The fourth-order valence-corrected chi connectivity index (χ4v) is 2.72. The summed E-state index contributed by atoms with van der Waals surface area (Å²) in [4.78, 5) is 0. The first kappa shape index (κ1) is 15.2. The molecule has 0 saturated heterocycles. The van der Waals surface area contributed by atoms with Gasteiger partial charge in [0, 0.05) is 11.5 Å². The zero-order valence-corrected chi connectivity index (χ0v) is 11.7. The molecule has 0 aliphatic heterocycles. The lowest BCUT2D eigenvalue weighted by molar-refractivity contribution is 0.199. The van der Waals surface area contributed by atoms with Crippen molar-refractivity contribution in [3.8, 4) is 5.75 Å². The van der Waals surface area contributed by atoms with E-state index in [0.717, 1.165) is 6.07 Å². The maximum Gasteiger partial charge on any atom is 0.209 e. The van der Waals surface area contributed by atoms with Crippen molar-refractivity contribution >= 4 is 21.6 Å². The third kappa shape index (κ3) is 5.20. The van der Waals surface area contributed by atoms with Crippen molar-refractivity contribution in [3.05, 3.63) is 29.0 Å². The molecule has 0 amide bonds. The molecule has 18 heavy (non-hydrogen) atoms. The van der Waals surface area contributed by atoms with E-state index in [0.29, 0.717) is 5.75 Å². The molecule has 0 spiro atoms. The molecule has 0 fully saturated rings. The van der Waals surface area contributed by atoms with Gasteiger partial charge in [0.2, 0.25) is 10.0 Å². The van der Waals surface area contributed by atoms with Crippen molar-refractivity contribution in [1.82, 2.24) is 0 Å². The Balaban J connectivity index is 2.67. The van der Waals surface area contributed by atoms with Crippen molar-refractivity contribution < 1.29 is 17.5 Å². The van der Waals surface area contributed by atoms with E-state index in [9.17, 15) is 12.8 Å². The van der Waals surface area contributed by atoms with Gasteiger partial charge in [-0.25, -0.2) is 17.9 Å². The van der Waals surface area contributed by atoms with Crippen LogP contribution in [0.5, 0.6) is 5.75 Å². The minimum absolute atomic E-state index is 0.00569. The summed E-state index contributed by atoms with van der Waals surface area (Å²) in [5.74, 6) is -0.506. The molecular formula is C11H15ClFNO3S. The predicted molar refractivity (Wildman–Crippen MR) is 68.7 cm³/mol. The number of halogens is 2. The Hall–Kier alpha value is -0.850. The summed E-state index contributed by atoms with van der Waals surface area (Å²) in [6.07, 6.45) is 0. The number of hydrogen-bond donors (Lipinski definition) is 1. The zero-order chi connectivity index (χ0) is 14.0. The molecule has 1 rings (SSSR count). The van der Waals surface area contributed by atoms with Crippen LogP contribution in [-0.2, 0) is 10.0 Å². The number of nitrogens with two attached hydrogens (primary N) is 1. The third-order valence-corrected chi connectivity index (χ3v) is 3.60. The number of ether oxygens (including phenoxy) is 1. The standard InChI is InChI=1S/C11H15ClFNO3S/c1-11(2,7-18(14,15)16)6-17-8-3-4-9(12)10(13)5-8/h3-5H,6-7H2,1-2H3,(H2,14,15,16). The number of hydrogen-bond acceptors (Lipinski definition) is 3. The van der Waals surface area contributed by atoms with Gasteiger partial charge in [-0.1, -0.05) is 25.4 Å². The van der Waals surface area contributed by atoms with Crippen LogP contribution in [0.4, 0.5) is 4.39 Å². The fraction of sp³-hybridized carbons (Fsp3) is 0.455. The van der Waals surface area contributed by atoms with Gasteiger partial charge in [-0.2, -0.15) is 0 Å². The van der Waals surface area contributed by atoms with Crippen molar-refractivity contribution in [2.75, 3.05) is 12.4 Å². The average Bonchev–Trinajstić information content (AvgIpc) is 2.16. The lowest BCUT2D eigenvalue weighted by Crippen LogP contribution is -2.33. The van der Waals surface area contributed by atoms with Gasteiger partial charge < -0.3 is 4.74 Å². The smallest absolute Gasteiger partial charge is 0.209 e. The van der Waals surface area contributed by atoms with Crippen LogP contribution in [0.25, 0.3) is 0 Å². The molecule has 1 aromatic rings. The fourth-order valence-electron chi connectivity index (χ4n) is 1.43. The van der Waals surface area contributed by atoms with Gasteiger partial charge in [0.05, 0.1) is 17.4 Å². The maximum atomic E-state index is 13.1. The highest BCUT2D eigenvalue weighted by Gasteiger charge is 2.25. The molecular weight excluding hydrogens is 281 g/mol. The molecule has 0 aliphatic carbocycles. The van der Waals surface area contributed by atoms with E-state index in [1.54, 1.807) is 13.8 Å². The van der Waals surface area contributed by atoms with E-state index in [2.05, 4.69) is 0 Å². The van der Waals surface area contributed by atoms with Gasteiger partial charge in [-0.15, -0.1) is 0 Å². The van der Waals surface area contributed by atoms with Crippen LogP contribution in [0.2, 0.25) is 5.02 Å². The molecule has 0 bridgehead atoms. The van der Waals surface area contributed by atoms with E-state index in [-0.39, 0.29) is 17.4 Å². The lowest BCUT2D eigenvalue weighted by atomic mass is 9.98. The van der Waals surface area contributed by atoms with Gasteiger partial charge >= 0.3 is 0 Å². The first-order chi connectivity index (χ1) is 8.09. The highest BCUT2D eigenvalue weighted by Crippen LogP contribution is 2.23. The summed E-state index contributed by atoms with van der Waals surface area (Å²) in [5.41, 5.74) is -0.663. The Bertz CT molecular complexity index is 531. The van der Waals surface area contributed by atoms with Crippen LogP contribution < -0.4 is 9.88 Å². The minimum Gasteiger partial charge on any atom is -0.493 e. The van der Waals surface area contributed by atoms with E-state index in [4.69, 9.17) is 21.5 Å². The molecule has 0 aliphatic rings. The highest BCUT2D eigenvalue weighted by atomic mass is 35.5. The van der Waals surface area contributed by atoms with Crippen LogP contribution >= 0.6 is 11.6 Å². The SMILES string of the molecule is CC(C)(COc1ccc(Cl)c(F)c1)CS(N)(=O)=O. The summed E-state index contributed by atoms with van der Waals surface area (Å²) in [5, 5.41) is 4.98. The second-order valence-corrected chi connectivity index (χ2v) is 6.86. The van der Waals surface area contributed by atoms with E-state index in [1.165, 1.54) is 12.1 Å². The predicted octanol–water partition coefficient (Wildman–Crippen LogP) is 2.17. The van der Waals surface area contributed by atoms with Crippen LogP contribution in [-0.4, -0.2) is 20.8 Å². The van der Waals surface area contributed by atoms with Crippen LogP contribution in [0, 0.1) is 11.2 Å². The molecule has 7 heteroatoms. The van der Waals surface area contributed by atoms with Gasteiger partial charge in [0.1, 0.15) is 11.6 Å². The first-order valence-corrected chi connectivity index (χ1v) is 7.27. The van der Waals surface area contributed by atoms with Crippen molar-refractivity contribution in [3.63, 3.8) is 0 Å². The van der Waals surface area contributed by atoms with Crippen molar-refractivity contribution in [2.45, 2.75) is 13.8 Å². The van der Waals surface area contributed by atoms with Crippen LogP contribution in [0.3, 0.4) is 0 Å². The van der Waals surface area contributed by atoms with E-state index < -0.39 is 21.3 Å².